The molecule has 2 nitrogen and oxygen atoms in total. The summed E-state index contributed by atoms with van der Waals surface area (Å²) in [5.41, 5.74) is 1.52. The first kappa shape index (κ1) is 9.81. The minimum absolute atomic E-state index is 0.00963. The van der Waals surface area contributed by atoms with Gasteiger partial charge in [0.1, 0.15) is 5.75 Å². The Balaban J connectivity index is 3.19. The molecule has 1 aromatic carbocycles. The lowest BCUT2D eigenvalue weighted by Gasteiger charge is -2.12. The molecule has 1 rings (SSSR count). The number of benzene rings is 1. The fourth-order valence-corrected chi connectivity index (χ4v) is 1.22. The minimum Gasteiger partial charge on any atom is -0.507 e. The summed E-state index contributed by atoms with van der Waals surface area (Å²) in [7, 11) is 0. The Morgan fingerprint density at radius 3 is 2.77 bits per heavy atom. The molecule has 0 aromatic heterocycles. The van der Waals surface area contributed by atoms with Gasteiger partial charge in [0.05, 0.1) is 6.61 Å². The first-order valence-corrected chi connectivity index (χ1v) is 4.08. The lowest BCUT2D eigenvalue weighted by Crippen LogP contribution is -2.02. The van der Waals surface area contributed by atoms with Crippen LogP contribution in [0.4, 0.5) is 0 Å². The predicted octanol–water partition coefficient (Wildman–Crippen LogP) is 1.97. The number of aliphatic hydroxyl groups excluding tert-OH is 1. The molecule has 2 N–H and O–H groups in total. The number of phenols is 1. The van der Waals surface area contributed by atoms with E-state index in [-0.39, 0.29) is 12.4 Å². The maximum absolute atomic E-state index is 9.47. The molecule has 0 fully saturated rings. The van der Waals surface area contributed by atoms with Gasteiger partial charge in [-0.05, 0) is 11.6 Å². The molecule has 1 aromatic rings. The smallest absolute Gasteiger partial charge is 0.123 e. The maximum atomic E-state index is 9.47. The van der Waals surface area contributed by atoms with Crippen LogP contribution in [0.15, 0.2) is 24.8 Å². The number of hydrogen-bond acceptors (Lipinski definition) is 2. The van der Waals surface area contributed by atoms with E-state index in [0.29, 0.717) is 5.56 Å². The molecule has 0 bridgehead atoms. The van der Waals surface area contributed by atoms with Gasteiger partial charge < -0.3 is 10.2 Å². The van der Waals surface area contributed by atoms with E-state index in [1.807, 2.05) is 13.0 Å². The predicted molar refractivity (Wildman–Crippen MR) is 53.3 cm³/mol. The zero-order valence-corrected chi connectivity index (χ0v) is 7.62. The molecular formula is C11H13O2. The van der Waals surface area contributed by atoms with E-state index in [0.717, 1.165) is 11.5 Å². The molecule has 1 radical (unpaired) electrons. The highest BCUT2D eigenvalue weighted by atomic mass is 16.3. The van der Waals surface area contributed by atoms with Crippen LogP contribution in [0, 0.1) is 5.92 Å². The third-order valence-corrected chi connectivity index (χ3v) is 1.98. The lowest BCUT2D eigenvalue weighted by atomic mass is 9.96. The molecule has 69 valence electrons. The molecule has 0 aliphatic rings. The van der Waals surface area contributed by atoms with E-state index >= 15 is 0 Å². The Kier molecular flexibility index (Phi) is 3.09. The molecule has 0 aliphatic carbocycles. The monoisotopic (exact) mass is 177 g/mol. The second kappa shape index (κ2) is 4.10. The third-order valence-electron chi connectivity index (χ3n) is 1.98. The van der Waals surface area contributed by atoms with Crippen molar-refractivity contribution in [1.29, 1.82) is 0 Å². The summed E-state index contributed by atoms with van der Waals surface area (Å²) in [4.78, 5) is 0. The topological polar surface area (TPSA) is 40.5 Å². The molecule has 0 saturated heterocycles. The first-order chi connectivity index (χ1) is 6.20. The molecule has 13 heavy (non-hydrogen) atoms. The Morgan fingerprint density at radius 2 is 2.23 bits per heavy atom. The summed E-state index contributed by atoms with van der Waals surface area (Å²) in [6.07, 6.45) is 1.59. The summed E-state index contributed by atoms with van der Waals surface area (Å²) in [5.74, 6) is 1.02. The Labute approximate surface area is 78.2 Å². The van der Waals surface area contributed by atoms with Gasteiger partial charge in [-0.3, -0.25) is 0 Å². The van der Waals surface area contributed by atoms with Crippen LogP contribution in [0.1, 0.15) is 18.1 Å². The standard InChI is InChI=1S/C11H13O2/c1-3-9-10(8(2)7-12)5-4-6-11(9)13/h3-6,12-13H,1,7H2,2H3. The Hall–Kier alpha value is -1.28. The molecule has 2 heteroatoms. The minimum atomic E-state index is -0.00963. The van der Waals surface area contributed by atoms with Crippen LogP contribution < -0.4 is 0 Å². The summed E-state index contributed by atoms with van der Waals surface area (Å²) >= 11 is 0. The van der Waals surface area contributed by atoms with Gasteiger partial charge >= 0.3 is 0 Å². The van der Waals surface area contributed by atoms with Gasteiger partial charge in [-0.15, -0.1) is 0 Å². The molecule has 0 aliphatic heterocycles. The quantitative estimate of drug-likeness (QED) is 0.741. The SMILES string of the molecule is C=Cc1c(O)cccc1[C](C)CO. The van der Waals surface area contributed by atoms with Gasteiger partial charge in [0.25, 0.3) is 0 Å². The van der Waals surface area contributed by atoms with Crippen molar-refractivity contribution in [2.45, 2.75) is 6.92 Å². The molecule has 0 atom stereocenters. The third kappa shape index (κ3) is 1.90. The molecule has 0 heterocycles. The molecule has 0 unspecified atom stereocenters. The fourth-order valence-electron chi connectivity index (χ4n) is 1.22. The van der Waals surface area contributed by atoms with E-state index in [1.165, 1.54) is 0 Å². The van der Waals surface area contributed by atoms with E-state index in [1.54, 1.807) is 18.2 Å². The second-order valence-electron chi connectivity index (χ2n) is 2.88. The van der Waals surface area contributed by atoms with Crippen molar-refractivity contribution in [3.8, 4) is 5.75 Å². The van der Waals surface area contributed by atoms with Gasteiger partial charge in [-0.2, -0.15) is 0 Å². The van der Waals surface area contributed by atoms with Gasteiger partial charge in [0, 0.05) is 11.5 Å². The first-order valence-electron chi connectivity index (χ1n) is 4.08. The zero-order chi connectivity index (χ0) is 9.84. The maximum Gasteiger partial charge on any atom is 0.123 e. The van der Waals surface area contributed by atoms with Crippen LogP contribution in [-0.2, 0) is 0 Å². The Morgan fingerprint density at radius 1 is 1.54 bits per heavy atom. The van der Waals surface area contributed by atoms with Crippen LogP contribution >= 0.6 is 0 Å². The van der Waals surface area contributed by atoms with E-state index in [4.69, 9.17) is 5.11 Å². The highest BCUT2D eigenvalue weighted by Gasteiger charge is 2.10. The summed E-state index contributed by atoms with van der Waals surface area (Å²) in [6.45, 7) is 5.43. The van der Waals surface area contributed by atoms with Crippen molar-refractivity contribution in [3.05, 3.63) is 41.8 Å². The lowest BCUT2D eigenvalue weighted by molar-refractivity contribution is 0.314. The highest BCUT2D eigenvalue weighted by molar-refractivity contribution is 5.62. The van der Waals surface area contributed by atoms with Crippen LogP contribution in [0.2, 0.25) is 0 Å². The molecular weight excluding hydrogens is 164 g/mol. The van der Waals surface area contributed by atoms with Crippen molar-refractivity contribution in [1.82, 2.24) is 0 Å². The van der Waals surface area contributed by atoms with Crippen LogP contribution in [0.3, 0.4) is 0 Å². The van der Waals surface area contributed by atoms with Crippen LogP contribution in [0.5, 0.6) is 5.75 Å². The normalized spacial score (nSPS) is 10.4. The molecule has 0 amide bonds. The van der Waals surface area contributed by atoms with Crippen LogP contribution in [0.25, 0.3) is 6.08 Å². The van der Waals surface area contributed by atoms with Crippen molar-refractivity contribution >= 4 is 6.08 Å². The average Bonchev–Trinajstić information content (AvgIpc) is 2.16. The van der Waals surface area contributed by atoms with Crippen molar-refractivity contribution in [2.75, 3.05) is 6.61 Å². The van der Waals surface area contributed by atoms with Gasteiger partial charge in [-0.1, -0.05) is 31.7 Å². The number of phenolic OH excluding ortho intramolecular Hbond substituents is 1. The number of hydrogen-bond donors (Lipinski definition) is 2. The average molecular weight is 177 g/mol. The summed E-state index contributed by atoms with van der Waals surface area (Å²) < 4.78 is 0. The number of rotatable bonds is 3. The highest BCUT2D eigenvalue weighted by Crippen LogP contribution is 2.27. The molecule has 0 saturated carbocycles. The van der Waals surface area contributed by atoms with Crippen LogP contribution in [-0.4, -0.2) is 16.8 Å². The van der Waals surface area contributed by atoms with Gasteiger partial charge in [0.2, 0.25) is 0 Å². The van der Waals surface area contributed by atoms with Gasteiger partial charge in [-0.25, -0.2) is 0 Å². The number of aromatic hydroxyl groups is 1. The summed E-state index contributed by atoms with van der Waals surface area (Å²) in [6, 6.07) is 5.20. The fraction of sp³-hybridized carbons (Fsp3) is 0.182. The Bertz CT molecular complexity index is 305. The van der Waals surface area contributed by atoms with Crippen molar-refractivity contribution in [3.63, 3.8) is 0 Å². The zero-order valence-electron chi connectivity index (χ0n) is 7.62. The van der Waals surface area contributed by atoms with Crippen molar-refractivity contribution < 1.29 is 10.2 Å². The van der Waals surface area contributed by atoms with E-state index < -0.39 is 0 Å². The molecule has 0 spiro atoms. The number of aliphatic hydroxyl groups is 1. The van der Waals surface area contributed by atoms with Crippen molar-refractivity contribution in [2.24, 2.45) is 0 Å². The largest absolute Gasteiger partial charge is 0.507 e. The second-order valence-corrected chi connectivity index (χ2v) is 2.88. The summed E-state index contributed by atoms with van der Waals surface area (Å²) in [5, 5.41) is 18.4. The van der Waals surface area contributed by atoms with E-state index in [2.05, 4.69) is 6.58 Å². The van der Waals surface area contributed by atoms with Gasteiger partial charge in [0.15, 0.2) is 0 Å². The van der Waals surface area contributed by atoms with E-state index in [9.17, 15) is 5.11 Å².